The molecule has 94 valence electrons. The molecule has 1 atom stereocenters. The van der Waals surface area contributed by atoms with Gasteiger partial charge in [-0.25, -0.2) is 0 Å². The maximum absolute atomic E-state index is 11.5. The van der Waals surface area contributed by atoms with Crippen LogP contribution in [-0.4, -0.2) is 39.8 Å². The molecule has 1 aromatic heterocycles. The summed E-state index contributed by atoms with van der Waals surface area (Å²) in [6, 6.07) is 5.20. The van der Waals surface area contributed by atoms with Crippen LogP contribution in [0, 0.1) is 0 Å². The highest BCUT2D eigenvalue weighted by molar-refractivity contribution is 4.93. The van der Waals surface area contributed by atoms with Crippen LogP contribution in [0.15, 0.2) is 29.2 Å². The van der Waals surface area contributed by atoms with Gasteiger partial charge in [0.15, 0.2) is 0 Å². The Hall–Kier alpha value is -1.13. The van der Waals surface area contributed by atoms with Gasteiger partial charge < -0.3 is 9.67 Å². The molecule has 1 fully saturated rings. The molecule has 0 amide bonds. The number of rotatable bonds is 3. The fraction of sp³-hybridized carbons (Fsp3) is 0.615. The van der Waals surface area contributed by atoms with Crippen molar-refractivity contribution in [3.05, 3.63) is 34.7 Å². The molecule has 0 radical (unpaired) electrons. The van der Waals surface area contributed by atoms with Crippen molar-refractivity contribution in [3.8, 4) is 0 Å². The van der Waals surface area contributed by atoms with Crippen molar-refractivity contribution in [2.24, 2.45) is 0 Å². The lowest BCUT2D eigenvalue weighted by Gasteiger charge is -2.36. The molecule has 0 saturated carbocycles. The van der Waals surface area contributed by atoms with Gasteiger partial charge in [-0.05, 0) is 32.4 Å². The highest BCUT2D eigenvalue weighted by Gasteiger charge is 2.27. The highest BCUT2D eigenvalue weighted by Crippen LogP contribution is 2.19. The number of likely N-dealkylation sites (tertiary alicyclic amines) is 1. The third-order valence-corrected chi connectivity index (χ3v) is 3.31. The lowest BCUT2D eigenvalue weighted by molar-refractivity contribution is -0.0163. The second kappa shape index (κ2) is 5.02. The molecule has 1 aliphatic heterocycles. The summed E-state index contributed by atoms with van der Waals surface area (Å²) in [7, 11) is 0. The van der Waals surface area contributed by atoms with Gasteiger partial charge in [-0.15, -0.1) is 0 Å². The number of piperidine rings is 1. The highest BCUT2D eigenvalue weighted by atomic mass is 16.3. The standard InChI is InChI=1S/C13H20N2O2/c1-13(17)6-4-7-14(11-13)9-10-15-8-3-2-5-12(15)16/h2-3,5,8,17H,4,6-7,9-11H2,1H3. The second-order valence-corrected chi connectivity index (χ2v) is 5.11. The van der Waals surface area contributed by atoms with E-state index < -0.39 is 5.60 Å². The maximum Gasteiger partial charge on any atom is 0.250 e. The van der Waals surface area contributed by atoms with Crippen LogP contribution in [0.3, 0.4) is 0 Å². The minimum Gasteiger partial charge on any atom is -0.389 e. The summed E-state index contributed by atoms with van der Waals surface area (Å²) >= 11 is 0. The molecule has 0 spiro atoms. The van der Waals surface area contributed by atoms with E-state index in [9.17, 15) is 9.90 Å². The van der Waals surface area contributed by atoms with Crippen LogP contribution in [0.5, 0.6) is 0 Å². The van der Waals surface area contributed by atoms with Crippen LogP contribution in [0.1, 0.15) is 19.8 Å². The Morgan fingerprint density at radius 3 is 2.94 bits per heavy atom. The van der Waals surface area contributed by atoms with Gasteiger partial charge in [-0.1, -0.05) is 6.07 Å². The van der Waals surface area contributed by atoms with Gasteiger partial charge in [0.25, 0.3) is 5.56 Å². The van der Waals surface area contributed by atoms with Crippen LogP contribution >= 0.6 is 0 Å². The molecule has 4 heteroatoms. The van der Waals surface area contributed by atoms with E-state index in [2.05, 4.69) is 4.90 Å². The smallest absolute Gasteiger partial charge is 0.250 e. The first-order chi connectivity index (χ1) is 8.07. The molecule has 1 unspecified atom stereocenters. The summed E-state index contributed by atoms with van der Waals surface area (Å²) in [5.74, 6) is 0. The largest absolute Gasteiger partial charge is 0.389 e. The van der Waals surface area contributed by atoms with Gasteiger partial charge in [0.1, 0.15) is 0 Å². The van der Waals surface area contributed by atoms with Gasteiger partial charge in [0.05, 0.1) is 5.60 Å². The Balaban J connectivity index is 1.90. The van der Waals surface area contributed by atoms with Crippen LogP contribution in [0.4, 0.5) is 0 Å². The van der Waals surface area contributed by atoms with Crippen molar-refractivity contribution in [1.29, 1.82) is 0 Å². The van der Waals surface area contributed by atoms with E-state index in [0.29, 0.717) is 13.1 Å². The van der Waals surface area contributed by atoms with Gasteiger partial charge in [-0.3, -0.25) is 9.69 Å². The number of nitrogens with zero attached hydrogens (tertiary/aromatic N) is 2. The Labute approximate surface area is 101 Å². The average Bonchev–Trinajstić information content (AvgIpc) is 2.27. The van der Waals surface area contributed by atoms with Crippen LogP contribution in [-0.2, 0) is 6.54 Å². The summed E-state index contributed by atoms with van der Waals surface area (Å²) < 4.78 is 1.71. The van der Waals surface area contributed by atoms with Crippen molar-refractivity contribution in [1.82, 2.24) is 9.47 Å². The number of aliphatic hydroxyl groups is 1. The van der Waals surface area contributed by atoms with E-state index in [1.165, 1.54) is 0 Å². The first kappa shape index (κ1) is 12.3. The fourth-order valence-corrected chi connectivity index (χ4v) is 2.41. The van der Waals surface area contributed by atoms with Gasteiger partial charge >= 0.3 is 0 Å². The van der Waals surface area contributed by atoms with Gasteiger partial charge in [0, 0.05) is 31.9 Å². The summed E-state index contributed by atoms with van der Waals surface area (Å²) in [5, 5.41) is 9.99. The topological polar surface area (TPSA) is 45.5 Å². The first-order valence-electron chi connectivity index (χ1n) is 6.17. The minimum atomic E-state index is -0.570. The molecule has 1 aromatic rings. The van der Waals surface area contributed by atoms with Crippen LogP contribution in [0.25, 0.3) is 0 Å². The summed E-state index contributed by atoms with van der Waals surface area (Å²) in [6.45, 7) is 5.11. The number of aromatic nitrogens is 1. The molecule has 1 N–H and O–H groups in total. The van der Waals surface area contributed by atoms with E-state index in [4.69, 9.17) is 0 Å². The molecule has 1 aliphatic rings. The van der Waals surface area contributed by atoms with E-state index in [1.54, 1.807) is 16.7 Å². The number of β-amino-alcohol motifs (C(OH)–C–C–N with tert-alkyl or cyclic N) is 1. The Bertz CT molecular complexity index is 425. The van der Waals surface area contributed by atoms with Gasteiger partial charge in [-0.2, -0.15) is 0 Å². The quantitative estimate of drug-likeness (QED) is 0.840. The lowest BCUT2D eigenvalue weighted by atomic mass is 9.95. The van der Waals surface area contributed by atoms with E-state index in [0.717, 1.165) is 25.9 Å². The predicted molar refractivity (Wildman–Crippen MR) is 67.0 cm³/mol. The Morgan fingerprint density at radius 2 is 2.24 bits per heavy atom. The number of hydrogen-bond donors (Lipinski definition) is 1. The van der Waals surface area contributed by atoms with Crippen LogP contribution in [0.2, 0.25) is 0 Å². The Kier molecular flexibility index (Phi) is 3.64. The van der Waals surface area contributed by atoms with Crippen molar-refractivity contribution in [3.63, 3.8) is 0 Å². The van der Waals surface area contributed by atoms with Crippen molar-refractivity contribution < 1.29 is 5.11 Å². The van der Waals surface area contributed by atoms with Crippen molar-refractivity contribution >= 4 is 0 Å². The zero-order valence-electron chi connectivity index (χ0n) is 10.3. The SMILES string of the molecule is CC1(O)CCCN(CCn2ccccc2=O)C1. The van der Waals surface area contributed by atoms with E-state index >= 15 is 0 Å². The lowest BCUT2D eigenvalue weighted by Crippen LogP contribution is -2.47. The molecule has 4 nitrogen and oxygen atoms in total. The summed E-state index contributed by atoms with van der Waals surface area (Å²) in [6.07, 6.45) is 3.70. The minimum absolute atomic E-state index is 0.0382. The molecule has 0 bridgehead atoms. The Morgan fingerprint density at radius 1 is 1.41 bits per heavy atom. The van der Waals surface area contributed by atoms with E-state index in [1.807, 2.05) is 19.2 Å². The molecule has 1 saturated heterocycles. The summed E-state index contributed by atoms with van der Waals surface area (Å²) in [5.41, 5.74) is -0.531. The zero-order valence-corrected chi connectivity index (χ0v) is 10.3. The predicted octanol–water partition coefficient (Wildman–Crippen LogP) is 0.695. The maximum atomic E-state index is 11.5. The van der Waals surface area contributed by atoms with Gasteiger partial charge in [0.2, 0.25) is 0 Å². The molecular formula is C13H20N2O2. The number of hydrogen-bond acceptors (Lipinski definition) is 3. The molecule has 17 heavy (non-hydrogen) atoms. The molecule has 0 aliphatic carbocycles. The fourth-order valence-electron chi connectivity index (χ4n) is 2.41. The second-order valence-electron chi connectivity index (χ2n) is 5.11. The van der Waals surface area contributed by atoms with Crippen molar-refractivity contribution in [2.45, 2.75) is 31.9 Å². The molecule has 0 aromatic carbocycles. The zero-order chi connectivity index (χ0) is 12.3. The third-order valence-electron chi connectivity index (χ3n) is 3.31. The normalized spacial score (nSPS) is 26.0. The molecular weight excluding hydrogens is 216 g/mol. The third kappa shape index (κ3) is 3.41. The number of pyridine rings is 1. The summed E-state index contributed by atoms with van der Waals surface area (Å²) in [4.78, 5) is 13.7. The van der Waals surface area contributed by atoms with Crippen molar-refractivity contribution in [2.75, 3.05) is 19.6 Å². The van der Waals surface area contributed by atoms with Crippen LogP contribution < -0.4 is 5.56 Å². The molecule has 2 rings (SSSR count). The monoisotopic (exact) mass is 236 g/mol. The average molecular weight is 236 g/mol. The molecule has 2 heterocycles. The first-order valence-corrected chi connectivity index (χ1v) is 6.17. The van der Waals surface area contributed by atoms with E-state index in [-0.39, 0.29) is 5.56 Å².